The summed E-state index contributed by atoms with van der Waals surface area (Å²) in [5.74, 6) is -0.985. The number of amides is 1. The van der Waals surface area contributed by atoms with Gasteiger partial charge in [0.2, 0.25) is 0 Å². The van der Waals surface area contributed by atoms with Gasteiger partial charge in [-0.2, -0.15) is 0 Å². The highest BCUT2D eigenvalue weighted by molar-refractivity contribution is 7.99. The van der Waals surface area contributed by atoms with E-state index in [1.807, 2.05) is 20.1 Å². The summed E-state index contributed by atoms with van der Waals surface area (Å²) in [5.41, 5.74) is 0.760. The minimum absolute atomic E-state index is 0.0818. The van der Waals surface area contributed by atoms with E-state index in [2.05, 4.69) is 0 Å². The van der Waals surface area contributed by atoms with Gasteiger partial charge in [0.1, 0.15) is 11.1 Å². The summed E-state index contributed by atoms with van der Waals surface area (Å²) in [6.07, 6.45) is 1.36. The van der Waals surface area contributed by atoms with Crippen LogP contribution in [0.5, 0.6) is 5.75 Å². The Hall–Kier alpha value is -2.28. The van der Waals surface area contributed by atoms with Gasteiger partial charge in [-0.3, -0.25) is 14.4 Å². The van der Waals surface area contributed by atoms with Gasteiger partial charge in [0.15, 0.2) is 5.78 Å². The summed E-state index contributed by atoms with van der Waals surface area (Å²) < 4.78 is 5.10. The Morgan fingerprint density at radius 1 is 1.27 bits per heavy atom. The minimum atomic E-state index is -1.13. The van der Waals surface area contributed by atoms with Crippen LogP contribution in [-0.2, 0) is 9.59 Å². The fraction of sp³-hybridized carbons (Fsp3) is 0.421. The van der Waals surface area contributed by atoms with Crippen molar-refractivity contribution in [3.63, 3.8) is 0 Å². The van der Waals surface area contributed by atoms with Gasteiger partial charge in [-0.15, -0.1) is 11.8 Å². The van der Waals surface area contributed by atoms with Gasteiger partial charge in [-0.05, 0) is 36.4 Å². The molecule has 1 N–H and O–H groups in total. The van der Waals surface area contributed by atoms with Crippen molar-refractivity contribution in [3.05, 3.63) is 41.0 Å². The molecule has 1 amide bonds. The number of aliphatic carboxylic acids is 1. The molecule has 0 fully saturated rings. The van der Waals surface area contributed by atoms with E-state index in [1.165, 1.54) is 18.9 Å². The summed E-state index contributed by atoms with van der Waals surface area (Å²) in [4.78, 5) is 38.8. The Bertz CT molecular complexity index is 739. The summed E-state index contributed by atoms with van der Waals surface area (Å²) in [5, 5.41) is 8.74. The van der Waals surface area contributed by atoms with Crippen LogP contribution in [-0.4, -0.2) is 53.0 Å². The SMILES string of the molecule is COc1ccc(C(=O)C2=C(CC(=O)O)C(=O)N(CC(C)C)[C@H]2SC)cc1. The van der Waals surface area contributed by atoms with Gasteiger partial charge in [-0.25, -0.2) is 0 Å². The van der Waals surface area contributed by atoms with E-state index < -0.39 is 17.8 Å². The number of hydrogen-bond acceptors (Lipinski definition) is 5. The third-order valence-electron chi connectivity index (χ3n) is 4.08. The second kappa shape index (κ2) is 8.40. The normalized spacial score (nSPS) is 17.2. The Balaban J connectivity index is 2.49. The number of nitrogens with zero attached hydrogens (tertiary/aromatic N) is 1. The molecule has 0 aliphatic carbocycles. The van der Waals surface area contributed by atoms with Gasteiger partial charge in [0, 0.05) is 23.3 Å². The van der Waals surface area contributed by atoms with Gasteiger partial charge in [0.05, 0.1) is 13.5 Å². The van der Waals surface area contributed by atoms with Crippen LogP contribution in [0.2, 0.25) is 0 Å². The Morgan fingerprint density at radius 2 is 1.88 bits per heavy atom. The molecule has 0 unspecified atom stereocenters. The van der Waals surface area contributed by atoms with Crippen molar-refractivity contribution in [2.24, 2.45) is 5.92 Å². The summed E-state index contributed by atoms with van der Waals surface area (Å²) in [6.45, 7) is 4.42. The fourth-order valence-corrected chi connectivity index (χ4v) is 3.91. The number of thioether (sulfide) groups is 1. The fourth-order valence-electron chi connectivity index (χ4n) is 2.99. The second-order valence-electron chi connectivity index (χ2n) is 6.46. The molecule has 1 atom stereocenters. The number of carbonyl (C=O) groups excluding carboxylic acids is 2. The first-order valence-corrected chi connectivity index (χ1v) is 9.56. The number of methoxy groups -OCH3 is 1. The first-order valence-electron chi connectivity index (χ1n) is 8.27. The largest absolute Gasteiger partial charge is 0.497 e. The molecule has 1 aromatic rings. The maximum atomic E-state index is 13.1. The monoisotopic (exact) mass is 377 g/mol. The van der Waals surface area contributed by atoms with E-state index in [0.717, 1.165) is 0 Å². The lowest BCUT2D eigenvalue weighted by Gasteiger charge is -2.27. The van der Waals surface area contributed by atoms with Crippen LogP contribution in [0.3, 0.4) is 0 Å². The highest BCUT2D eigenvalue weighted by atomic mass is 32.2. The first-order chi connectivity index (χ1) is 12.3. The van der Waals surface area contributed by atoms with E-state index in [4.69, 9.17) is 4.74 Å². The van der Waals surface area contributed by atoms with Crippen molar-refractivity contribution in [3.8, 4) is 5.75 Å². The molecule has 0 saturated carbocycles. The number of ether oxygens (including phenoxy) is 1. The zero-order valence-electron chi connectivity index (χ0n) is 15.3. The Labute approximate surface area is 157 Å². The maximum Gasteiger partial charge on any atom is 0.308 e. The van der Waals surface area contributed by atoms with Crippen LogP contribution in [0, 0.1) is 5.92 Å². The van der Waals surface area contributed by atoms with Gasteiger partial charge >= 0.3 is 5.97 Å². The topological polar surface area (TPSA) is 83.9 Å². The lowest BCUT2D eigenvalue weighted by atomic mass is 9.98. The molecule has 1 heterocycles. The van der Waals surface area contributed by atoms with Crippen LogP contribution in [0.4, 0.5) is 0 Å². The lowest BCUT2D eigenvalue weighted by Crippen LogP contribution is -2.37. The third-order valence-corrected chi connectivity index (χ3v) is 5.02. The standard InChI is InChI=1S/C19H23NO5S/c1-11(2)10-20-18(24)14(9-15(21)22)16(19(20)26-4)17(23)12-5-7-13(25-3)8-6-12/h5-8,11,19H,9-10H2,1-4H3,(H,21,22)/t19-/m0/s1. The second-order valence-corrected chi connectivity index (χ2v) is 7.38. The highest BCUT2D eigenvalue weighted by Gasteiger charge is 2.42. The van der Waals surface area contributed by atoms with E-state index in [1.54, 1.807) is 29.2 Å². The highest BCUT2D eigenvalue weighted by Crippen LogP contribution is 2.36. The molecular weight excluding hydrogens is 354 g/mol. The lowest BCUT2D eigenvalue weighted by molar-refractivity contribution is -0.137. The summed E-state index contributed by atoms with van der Waals surface area (Å²) in [6, 6.07) is 6.59. The molecule has 0 saturated heterocycles. The van der Waals surface area contributed by atoms with Crippen molar-refractivity contribution in [1.82, 2.24) is 4.90 Å². The first kappa shape index (κ1) is 20.0. The van der Waals surface area contributed by atoms with Crippen LogP contribution in [0.25, 0.3) is 0 Å². The van der Waals surface area contributed by atoms with Crippen LogP contribution >= 0.6 is 11.8 Å². The molecule has 7 heteroatoms. The van der Waals surface area contributed by atoms with E-state index in [0.29, 0.717) is 17.9 Å². The molecular formula is C19H23NO5S. The average molecular weight is 377 g/mol. The predicted octanol–water partition coefficient (Wildman–Crippen LogP) is 2.84. The number of rotatable bonds is 8. The smallest absolute Gasteiger partial charge is 0.308 e. The van der Waals surface area contributed by atoms with E-state index in [-0.39, 0.29) is 28.8 Å². The predicted molar refractivity (Wildman–Crippen MR) is 100 cm³/mol. The van der Waals surface area contributed by atoms with Crippen molar-refractivity contribution in [1.29, 1.82) is 0 Å². The Morgan fingerprint density at radius 3 is 2.35 bits per heavy atom. The number of benzene rings is 1. The molecule has 140 valence electrons. The molecule has 2 rings (SSSR count). The molecule has 26 heavy (non-hydrogen) atoms. The van der Waals surface area contributed by atoms with Crippen LogP contribution in [0.15, 0.2) is 35.4 Å². The van der Waals surface area contributed by atoms with Crippen molar-refractivity contribution in [2.45, 2.75) is 25.6 Å². The van der Waals surface area contributed by atoms with E-state index >= 15 is 0 Å². The molecule has 1 aliphatic heterocycles. The molecule has 0 bridgehead atoms. The quantitative estimate of drug-likeness (QED) is 0.702. The zero-order valence-corrected chi connectivity index (χ0v) is 16.1. The maximum absolute atomic E-state index is 13.1. The molecule has 6 nitrogen and oxygen atoms in total. The third kappa shape index (κ3) is 4.09. The number of hydrogen-bond donors (Lipinski definition) is 1. The van der Waals surface area contributed by atoms with Crippen LogP contribution in [0.1, 0.15) is 30.6 Å². The number of carboxylic acids is 1. The van der Waals surface area contributed by atoms with Crippen LogP contribution < -0.4 is 4.74 Å². The number of ketones is 1. The summed E-state index contributed by atoms with van der Waals surface area (Å²) >= 11 is 1.36. The summed E-state index contributed by atoms with van der Waals surface area (Å²) in [7, 11) is 1.54. The molecule has 0 radical (unpaired) electrons. The zero-order chi connectivity index (χ0) is 19.4. The molecule has 0 spiro atoms. The van der Waals surface area contributed by atoms with Gasteiger partial charge in [0.25, 0.3) is 5.91 Å². The molecule has 1 aromatic carbocycles. The number of carbonyl (C=O) groups is 3. The van der Waals surface area contributed by atoms with E-state index in [9.17, 15) is 19.5 Å². The average Bonchev–Trinajstić information content (AvgIpc) is 2.85. The molecule has 1 aliphatic rings. The van der Waals surface area contributed by atoms with Crippen molar-refractivity contribution >= 4 is 29.4 Å². The van der Waals surface area contributed by atoms with Crippen molar-refractivity contribution in [2.75, 3.05) is 19.9 Å². The number of carboxylic acid groups (broad SMARTS) is 1. The minimum Gasteiger partial charge on any atom is -0.497 e. The van der Waals surface area contributed by atoms with Gasteiger partial charge in [-0.1, -0.05) is 13.8 Å². The van der Waals surface area contributed by atoms with Gasteiger partial charge < -0.3 is 14.7 Å². The Kier molecular flexibility index (Phi) is 6.47. The molecule has 0 aromatic heterocycles. The van der Waals surface area contributed by atoms with Crippen molar-refractivity contribution < 1.29 is 24.2 Å². The number of Topliss-reactive ketones (excluding diaryl/α,β-unsaturated/α-hetero) is 1.